The first-order chi connectivity index (χ1) is 16.9. The summed E-state index contributed by atoms with van der Waals surface area (Å²) in [7, 11) is 1.78. The van der Waals surface area contributed by atoms with Gasteiger partial charge in [0.1, 0.15) is 11.8 Å². The zero-order valence-corrected chi connectivity index (χ0v) is 20.4. The van der Waals surface area contributed by atoms with Crippen LogP contribution in [-0.2, 0) is 11.2 Å². The molecule has 0 fully saturated rings. The summed E-state index contributed by atoms with van der Waals surface area (Å²) in [6.07, 6.45) is 0.483. The van der Waals surface area contributed by atoms with Crippen molar-refractivity contribution in [1.29, 1.82) is 0 Å². The van der Waals surface area contributed by atoms with Crippen LogP contribution in [0, 0.1) is 0 Å². The Kier molecular flexibility index (Phi) is 7.49. The van der Waals surface area contributed by atoms with Gasteiger partial charge >= 0.3 is 0 Å². The van der Waals surface area contributed by atoms with Gasteiger partial charge in [0.25, 0.3) is 5.91 Å². The molecule has 0 radical (unpaired) electrons. The summed E-state index contributed by atoms with van der Waals surface area (Å²) in [6.45, 7) is 1.93. The SMILES string of the molecule is CCO.CN1C(=O)C(Cc2ccc3ccccc3c2)N=C(c2ccc(O)cc2)c2cc(Cl)ccc21. The van der Waals surface area contributed by atoms with Crippen molar-refractivity contribution >= 4 is 39.7 Å². The number of hydrogen-bond acceptors (Lipinski definition) is 4. The molecule has 0 aromatic heterocycles. The number of aliphatic hydroxyl groups excluding tert-OH is 1. The Morgan fingerprint density at radius 3 is 2.34 bits per heavy atom. The first kappa shape index (κ1) is 24.5. The minimum atomic E-state index is -0.587. The number of benzene rings is 4. The van der Waals surface area contributed by atoms with Crippen LogP contribution in [-0.4, -0.2) is 41.5 Å². The lowest BCUT2D eigenvalue weighted by molar-refractivity contribution is -0.119. The highest BCUT2D eigenvalue weighted by Crippen LogP contribution is 2.31. The van der Waals surface area contributed by atoms with Crippen molar-refractivity contribution in [3.8, 4) is 5.75 Å². The van der Waals surface area contributed by atoms with Gasteiger partial charge in [-0.3, -0.25) is 9.79 Å². The molecule has 0 bridgehead atoms. The molecule has 4 aromatic rings. The van der Waals surface area contributed by atoms with E-state index in [1.54, 1.807) is 37.1 Å². The molecule has 1 atom stereocenters. The Morgan fingerprint density at radius 2 is 1.63 bits per heavy atom. The number of nitrogens with zero attached hydrogens (tertiary/aromatic N) is 2. The van der Waals surface area contributed by atoms with Crippen LogP contribution in [0.25, 0.3) is 10.8 Å². The maximum Gasteiger partial charge on any atom is 0.251 e. The monoisotopic (exact) mass is 486 g/mol. The fourth-order valence-electron chi connectivity index (χ4n) is 4.18. The predicted molar refractivity (Wildman–Crippen MR) is 143 cm³/mol. The second-order valence-corrected chi connectivity index (χ2v) is 8.74. The van der Waals surface area contributed by atoms with E-state index in [0.717, 1.165) is 33.2 Å². The van der Waals surface area contributed by atoms with Crippen molar-refractivity contribution in [2.75, 3.05) is 18.6 Å². The van der Waals surface area contributed by atoms with Crippen LogP contribution in [0.15, 0.2) is 89.9 Å². The molecule has 1 aliphatic heterocycles. The first-order valence-corrected chi connectivity index (χ1v) is 11.8. The van der Waals surface area contributed by atoms with Crippen LogP contribution < -0.4 is 4.90 Å². The standard InChI is InChI=1S/C27H21ClN2O2.C2H6O/c1-30-25-13-10-21(28)16-23(25)26(19-8-11-22(31)12-9-19)29-24(27(30)32)15-17-6-7-18-4-2-3-5-20(18)14-17;1-2-3/h2-14,16,24,31H,15H2,1H3;3H,2H2,1H3. The number of fused-ring (bicyclic) bond motifs is 2. The zero-order valence-electron chi connectivity index (χ0n) is 19.6. The maximum atomic E-state index is 13.4. The lowest BCUT2D eigenvalue weighted by Gasteiger charge is -2.20. The van der Waals surface area contributed by atoms with E-state index in [1.807, 2.05) is 36.4 Å². The number of phenols is 1. The van der Waals surface area contributed by atoms with E-state index in [-0.39, 0.29) is 18.3 Å². The van der Waals surface area contributed by atoms with Crippen LogP contribution in [0.5, 0.6) is 5.75 Å². The van der Waals surface area contributed by atoms with E-state index < -0.39 is 6.04 Å². The molecule has 0 aliphatic carbocycles. The lowest BCUT2D eigenvalue weighted by atomic mass is 9.99. The molecule has 4 aromatic carbocycles. The fourth-order valence-corrected chi connectivity index (χ4v) is 4.36. The molecule has 6 heteroatoms. The normalized spacial score (nSPS) is 15.1. The molecule has 2 N–H and O–H groups in total. The molecule has 5 rings (SSSR count). The van der Waals surface area contributed by atoms with Crippen LogP contribution >= 0.6 is 11.6 Å². The van der Waals surface area contributed by atoms with E-state index in [9.17, 15) is 9.90 Å². The number of carbonyl (C=O) groups is 1. The molecule has 0 spiro atoms. The van der Waals surface area contributed by atoms with Gasteiger partial charge in [-0.15, -0.1) is 0 Å². The number of aromatic hydroxyl groups is 1. The van der Waals surface area contributed by atoms with Crippen LogP contribution in [0.4, 0.5) is 5.69 Å². The number of phenolic OH excluding ortho intramolecular Hbond substituents is 1. The summed E-state index contributed by atoms with van der Waals surface area (Å²) in [4.78, 5) is 20.0. The van der Waals surface area contributed by atoms with E-state index in [0.29, 0.717) is 17.2 Å². The highest BCUT2D eigenvalue weighted by atomic mass is 35.5. The van der Waals surface area contributed by atoms with Gasteiger partial charge in [0.15, 0.2) is 0 Å². The minimum Gasteiger partial charge on any atom is -0.508 e. The molecule has 178 valence electrons. The van der Waals surface area contributed by atoms with Gasteiger partial charge in [0.2, 0.25) is 0 Å². The maximum absolute atomic E-state index is 13.4. The average Bonchev–Trinajstić information content (AvgIpc) is 2.95. The minimum absolute atomic E-state index is 0.0736. The molecule has 35 heavy (non-hydrogen) atoms. The summed E-state index contributed by atoms with van der Waals surface area (Å²) in [5.74, 6) is 0.103. The first-order valence-electron chi connectivity index (χ1n) is 11.4. The van der Waals surface area contributed by atoms with Crippen LogP contribution in [0.1, 0.15) is 23.6 Å². The van der Waals surface area contributed by atoms with Crippen molar-refractivity contribution in [3.63, 3.8) is 0 Å². The number of halogens is 1. The fraction of sp³-hybridized carbons (Fsp3) is 0.172. The number of rotatable bonds is 3. The molecule has 5 nitrogen and oxygen atoms in total. The van der Waals surface area contributed by atoms with Gasteiger partial charge in [0, 0.05) is 36.2 Å². The summed E-state index contributed by atoms with van der Waals surface area (Å²) in [6, 6.07) is 26.2. The third-order valence-electron chi connectivity index (χ3n) is 5.86. The highest BCUT2D eigenvalue weighted by Gasteiger charge is 2.30. The van der Waals surface area contributed by atoms with Gasteiger partial charge in [-0.1, -0.05) is 54.1 Å². The zero-order chi connectivity index (χ0) is 24.9. The molecule has 0 saturated heterocycles. The average molecular weight is 487 g/mol. The molecule has 1 unspecified atom stereocenters. The second-order valence-electron chi connectivity index (χ2n) is 8.30. The van der Waals surface area contributed by atoms with Crippen molar-refractivity contribution in [2.45, 2.75) is 19.4 Å². The topological polar surface area (TPSA) is 73.1 Å². The van der Waals surface area contributed by atoms with Crippen molar-refractivity contribution in [1.82, 2.24) is 0 Å². The van der Waals surface area contributed by atoms with Gasteiger partial charge < -0.3 is 15.1 Å². The smallest absolute Gasteiger partial charge is 0.251 e. The van der Waals surface area contributed by atoms with Crippen LogP contribution in [0.2, 0.25) is 5.02 Å². The Morgan fingerprint density at radius 1 is 0.943 bits per heavy atom. The van der Waals surface area contributed by atoms with E-state index in [1.165, 1.54) is 0 Å². The second kappa shape index (κ2) is 10.7. The highest BCUT2D eigenvalue weighted by molar-refractivity contribution is 6.32. The Labute approximate surface area is 209 Å². The van der Waals surface area contributed by atoms with E-state index >= 15 is 0 Å². The van der Waals surface area contributed by atoms with Gasteiger partial charge in [-0.05, 0) is 65.7 Å². The lowest BCUT2D eigenvalue weighted by Crippen LogP contribution is -2.36. The molecule has 0 saturated carbocycles. The van der Waals surface area contributed by atoms with Gasteiger partial charge in [-0.25, -0.2) is 0 Å². The number of carbonyl (C=O) groups excluding carboxylic acids is 1. The summed E-state index contributed by atoms with van der Waals surface area (Å²) < 4.78 is 0. The summed E-state index contributed by atoms with van der Waals surface area (Å²) in [5, 5.41) is 20.2. The van der Waals surface area contributed by atoms with E-state index in [2.05, 4.69) is 30.3 Å². The third kappa shape index (κ3) is 5.37. The number of anilines is 1. The number of aliphatic imine (C=N–C) groups is 1. The Hall–Kier alpha value is -3.67. The molecular formula is C29H27ClN2O3. The Balaban J connectivity index is 0.000000917. The molecule has 1 aliphatic rings. The number of likely N-dealkylation sites (N-methyl/N-ethyl adjacent to an activating group) is 1. The van der Waals surface area contributed by atoms with Crippen molar-refractivity contribution in [2.24, 2.45) is 4.99 Å². The van der Waals surface area contributed by atoms with Crippen molar-refractivity contribution < 1.29 is 15.0 Å². The number of aliphatic hydroxyl groups is 1. The molecular weight excluding hydrogens is 460 g/mol. The molecule has 1 amide bonds. The van der Waals surface area contributed by atoms with Gasteiger partial charge in [0.05, 0.1) is 11.4 Å². The number of benzodiazepines with no additional fused rings is 1. The number of amides is 1. The summed E-state index contributed by atoms with van der Waals surface area (Å²) >= 11 is 6.32. The van der Waals surface area contributed by atoms with Crippen LogP contribution in [0.3, 0.4) is 0 Å². The molecule has 1 heterocycles. The van der Waals surface area contributed by atoms with E-state index in [4.69, 9.17) is 21.7 Å². The van der Waals surface area contributed by atoms with Crippen molar-refractivity contribution in [3.05, 3.63) is 107 Å². The van der Waals surface area contributed by atoms with Gasteiger partial charge in [-0.2, -0.15) is 0 Å². The number of hydrogen-bond donors (Lipinski definition) is 2. The third-order valence-corrected chi connectivity index (χ3v) is 6.09. The summed E-state index contributed by atoms with van der Waals surface area (Å²) in [5.41, 5.74) is 4.10. The predicted octanol–water partition coefficient (Wildman–Crippen LogP) is 5.62. The Bertz CT molecular complexity index is 1380. The quantitative estimate of drug-likeness (QED) is 0.394. The largest absolute Gasteiger partial charge is 0.508 e.